The van der Waals surface area contributed by atoms with Gasteiger partial charge in [-0.2, -0.15) is 0 Å². The molecule has 0 saturated carbocycles. The highest BCUT2D eigenvalue weighted by molar-refractivity contribution is 7.97. The van der Waals surface area contributed by atoms with E-state index < -0.39 is 0 Å². The van der Waals surface area contributed by atoms with Crippen molar-refractivity contribution in [3.63, 3.8) is 0 Å². The van der Waals surface area contributed by atoms with E-state index in [-0.39, 0.29) is 0 Å². The molecule has 6 nitrogen and oxygen atoms in total. The largest absolute Gasteiger partial charge is 0.493 e. The summed E-state index contributed by atoms with van der Waals surface area (Å²) >= 11 is 1.61. The molecule has 0 amide bonds. The van der Waals surface area contributed by atoms with Crippen molar-refractivity contribution in [2.75, 3.05) is 33.9 Å². The van der Waals surface area contributed by atoms with E-state index in [1.54, 1.807) is 26.2 Å². The van der Waals surface area contributed by atoms with Crippen molar-refractivity contribution in [2.24, 2.45) is 7.05 Å². The van der Waals surface area contributed by atoms with Gasteiger partial charge in [0.2, 0.25) is 0 Å². The van der Waals surface area contributed by atoms with Crippen LogP contribution >= 0.6 is 11.9 Å². The Balaban J connectivity index is 1.44. The predicted octanol–water partition coefficient (Wildman–Crippen LogP) is 2.79. The molecule has 142 valence electrons. The van der Waals surface area contributed by atoms with Gasteiger partial charge in [0.15, 0.2) is 11.5 Å². The van der Waals surface area contributed by atoms with Crippen LogP contribution in [0.15, 0.2) is 23.4 Å². The van der Waals surface area contributed by atoms with Crippen LogP contribution in [0.3, 0.4) is 0 Å². The van der Waals surface area contributed by atoms with Gasteiger partial charge in [-0.1, -0.05) is 0 Å². The number of imidazole rings is 1. The number of fused-ring (bicyclic) bond motifs is 1. The van der Waals surface area contributed by atoms with Crippen molar-refractivity contribution >= 4 is 11.9 Å². The molecule has 0 bridgehead atoms. The third-order valence-electron chi connectivity index (χ3n) is 4.81. The van der Waals surface area contributed by atoms with Crippen molar-refractivity contribution in [2.45, 2.75) is 31.3 Å². The highest BCUT2D eigenvalue weighted by atomic mass is 32.2. The van der Waals surface area contributed by atoms with Crippen LogP contribution in [0.5, 0.6) is 11.5 Å². The summed E-state index contributed by atoms with van der Waals surface area (Å²) in [5.74, 6) is 2.68. The van der Waals surface area contributed by atoms with Crippen LogP contribution < -0.4 is 14.2 Å². The van der Waals surface area contributed by atoms with Gasteiger partial charge < -0.3 is 14.0 Å². The Hall–Kier alpha value is -1.70. The lowest BCUT2D eigenvalue weighted by Crippen LogP contribution is -2.32. The van der Waals surface area contributed by atoms with Gasteiger partial charge in [0.1, 0.15) is 10.9 Å². The zero-order valence-corrected chi connectivity index (χ0v) is 16.9. The number of hydrogen-bond donors (Lipinski definition) is 1. The quantitative estimate of drug-likeness (QED) is 0.565. The van der Waals surface area contributed by atoms with Crippen LogP contribution in [-0.4, -0.2) is 48.3 Å². The Labute approximate surface area is 160 Å². The van der Waals surface area contributed by atoms with Gasteiger partial charge in [-0.15, -0.1) is 0 Å². The first-order valence-corrected chi connectivity index (χ1v) is 9.78. The lowest BCUT2D eigenvalue weighted by atomic mass is 9.98. The summed E-state index contributed by atoms with van der Waals surface area (Å²) in [7, 11) is 5.40. The molecule has 26 heavy (non-hydrogen) atoms. The summed E-state index contributed by atoms with van der Waals surface area (Å²) in [4.78, 5) is 6.99. The molecule has 2 heterocycles. The van der Waals surface area contributed by atoms with Gasteiger partial charge in [0.25, 0.3) is 0 Å². The lowest BCUT2D eigenvalue weighted by Gasteiger charge is -2.29. The Morgan fingerprint density at radius 1 is 1.19 bits per heavy atom. The van der Waals surface area contributed by atoms with Crippen LogP contribution in [0.4, 0.5) is 0 Å². The van der Waals surface area contributed by atoms with Gasteiger partial charge >= 0.3 is 0 Å². The van der Waals surface area contributed by atoms with E-state index in [1.807, 2.05) is 18.5 Å². The first kappa shape index (κ1) is 19.1. The Kier molecular flexibility index (Phi) is 6.45. The number of benzene rings is 1. The van der Waals surface area contributed by atoms with E-state index in [1.165, 1.54) is 11.1 Å². The molecule has 1 aliphatic heterocycles. The average Bonchev–Trinajstić information content (AvgIpc) is 2.97. The normalized spacial score (nSPS) is 14.3. The zero-order valence-electron chi connectivity index (χ0n) is 16.0. The first-order chi connectivity index (χ1) is 12.6. The second kappa shape index (κ2) is 8.79. The van der Waals surface area contributed by atoms with E-state index >= 15 is 0 Å². The van der Waals surface area contributed by atoms with Gasteiger partial charge in [-0.3, -0.25) is 9.62 Å². The maximum atomic E-state index is 5.44. The number of methoxy groups -OCH3 is 2. The van der Waals surface area contributed by atoms with Crippen LogP contribution in [0.25, 0.3) is 0 Å². The fourth-order valence-corrected chi connectivity index (χ4v) is 3.99. The molecule has 3 rings (SSSR count). The van der Waals surface area contributed by atoms with Crippen molar-refractivity contribution < 1.29 is 9.47 Å². The van der Waals surface area contributed by atoms with Crippen molar-refractivity contribution in [3.8, 4) is 11.5 Å². The van der Waals surface area contributed by atoms with E-state index in [9.17, 15) is 0 Å². The third-order valence-corrected chi connectivity index (χ3v) is 5.57. The van der Waals surface area contributed by atoms with Crippen LogP contribution in [0.2, 0.25) is 0 Å². The highest BCUT2D eigenvalue weighted by Gasteiger charge is 2.19. The summed E-state index contributed by atoms with van der Waals surface area (Å²) in [5, 5.41) is 1.03. The fraction of sp³-hybridized carbons (Fsp3) is 0.526. The van der Waals surface area contributed by atoms with E-state index in [4.69, 9.17) is 9.47 Å². The fourth-order valence-electron chi connectivity index (χ4n) is 3.21. The van der Waals surface area contributed by atoms with Gasteiger partial charge in [0, 0.05) is 32.9 Å². The molecule has 0 saturated heterocycles. The number of nitrogens with zero attached hydrogens (tertiary/aromatic N) is 3. The van der Waals surface area contributed by atoms with E-state index in [0.717, 1.165) is 61.4 Å². The molecule has 0 unspecified atom stereocenters. The van der Waals surface area contributed by atoms with Crippen LogP contribution in [-0.2, 0) is 20.0 Å². The Bertz CT molecular complexity index is 728. The molecular weight excluding hydrogens is 348 g/mol. The number of aromatic nitrogens is 2. The van der Waals surface area contributed by atoms with E-state index in [0.29, 0.717) is 0 Å². The first-order valence-electron chi connectivity index (χ1n) is 8.96. The zero-order chi connectivity index (χ0) is 18.5. The monoisotopic (exact) mass is 376 g/mol. The Morgan fingerprint density at radius 2 is 1.92 bits per heavy atom. The van der Waals surface area contributed by atoms with Crippen molar-refractivity contribution in [1.82, 2.24) is 19.2 Å². The second-order valence-corrected chi connectivity index (χ2v) is 7.50. The molecule has 1 aromatic carbocycles. The van der Waals surface area contributed by atoms with Gasteiger partial charge in [0.05, 0.1) is 14.2 Å². The topological polar surface area (TPSA) is 51.6 Å². The number of nitrogens with one attached hydrogen (secondary N) is 1. The predicted molar refractivity (Wildman–Crippen MR) is 105 cm³/mol. The number of ether oxygens (including phenoxy) is 2. The molecule has 0 radical (unpaired) electrons. The summed E-state index contributed by atoms with van der Waals surface area (Å²) in [5.41, 5.74) is 2.72. The maximum absolute atomic E-state index is 5.44. The minimum absolute atomic E-state index is 0.817. The molecule has 1 aromatic heterocycles. The molecule has 0 fully saturated rings. The van der Waals surface area contributed by atoms with Crippen LogP contribution in [0.1, 0.15) is 23.4 Å². The molecule has 1 aliphatic rings. The standard InChI is InChI=1S/C19H28N4O2S/c1-14-21-19(13-22(14)2)26-20-7-5-8-23-9-6-15-10-17(24-3)18(25-4)11-16(15)12-23/h10-11,13,20H,5-9,12H2,1-4H3. The molecular formula is C19H28N4O2S. The molecule has 2 aromatic rings. The summed E-state index contributed by atoms with van der Waals surface area (Å²) in [6.45, 7) is 6.14. The van der Waals surface area contributed by atoms with E-state index in [2.05, 4.69) is 32.9 Å². The minimum Gasteiger partial charge on any atom is -0.493 e. The Morgan fingerprint density at radius 3 is 2.58 bits per heavy atom. The lowest BCUT2D eigenvalue weighted by molar-refractivity contribution is 0.250. The number of rotatable bonds is 8. The number of aryl methyl sites for hydroxylation is 2. The summed E-state index contributed by atoms with van der Waals surface area (Å²) in [6.07, 6.45) is 4.22. The molecule has 0 spiro atoms. The van der Waals surface area contributed by atoms with Gasteiger partial charge in [-0.25, -0.2) is 4.98 Å². The maximum Gasteiger partial charge on any atom is 0.161 e. The smallest absolute Gasteiger partial charge is 0.161 e. The summed E-state index contributed by atoms with van der Waals surface area (Å²) < 4.78 is 16.3. The molecule has 0 atom stereocenters. The molecule has 1 N–H and O–H groups in total. The molecule has 7 heteroatoms. The molecule has 0 aliphatic carbocycles. The average molecular weight is 377 g/mol. The minimum atomic E-state index is 0.817. The van der Waals surface area contributed by atoms with Crippen LogP contribution in [0, 0.1) is 6.92 Å². The SMILES string of the molecule is COc1cc2c(cc1OC)CN(CCCNSc1cn(C)c(C)n1)CC2. The number of hydrogen-bond acceptors (Lipinski definition) is 6. The highest BCUT2D eigenvalue weighted by Crippen LogP contribution is 2.33. The summed E-state index contributed by atoms with van der Waals surface area (Å²) in [6, 6.07) is 4.25. The van der Waals surface area contributed by atoms with Gasteiger partial charge in [-0.05, 0) is 61.5 Å². The third kappa shape index (κ3) is 4.52. The van der Waals surface area contributed by atoms with Crippen molar-refractivity contribution in [3.05, 3.63) is 35.3 Å². The second-order valence-electron chi connectivity index (χ2n) is 6.59. The van der Waals surface area contributed by atoms with Crippen molar-refractivity contribution in [1.29, 1.82) is 0 Å².